The van der Waals surface area contributed by atoms with Crippen molar-refractivity contribution < 1.29 is 5.11 Å². The molecule has 0 aromatic carbocycles. The van der Waals surface area contributed by atoms with Crippen LogP contribution in [0.1, 0.15) is 13.8 Å². The van der Waals surface area contributed by atoms with Crippen LogP contribution in [0.25, 0.3) is 0 Å². The lowest BCUT2D eigenvalue weighted by Gasteiger charge is -2.32. The molecule has 0 unspecified atom stereocenters. The lowest BCUT2D eigenvalue weighted by Crippen LogP contribution is -2.50. The van der Waals surface area contributed by atoms with Crippen LogP contribution in [0.2, 0.25) is 0 Å². The molecule has 1 aliphatic heterocycles. The van der Waals surface area contributed by atoms with Crippen LogP contribution in [0, 0.1) is 0 Å². The Morgan fingerprint density at radius 2 is 2.45 bits per heavy atom. The molecule has 2 atom stereocenters. The predicted octanol–water partition coefficient (Wildman–Crippen LogP) is -0.339. The average Bonchev–Trinajstić information content (AvgIpc) is 1.85. The topological polar surface area (TPSA) is 35.5 Å². The van der Waals surface area contributed by atoms with E-state index in [2.05, 4.69) is 17.1 Å². The van der Waals surface area contributed by atoms with Gasteiger partial charge >= 0.3 is 0 Å². The van der Waals surface area contributed by atoms with Crippen molar-refractivity contribution >= 4 is 0 Å². The van der Waals surface area contributed by atoms with E-state index in [0.717, 1.165) is 26.2 Å². The number of hydrogen-bond donors (Lipinski definition) is 2. The zero-order chi connectivity index (χ0) is 8.27. The molecular formula is C8H18N2O. The first-order valence-electron chi connectivity index (χ1n) is 4.32. The van der Waals surface area contributed by atoms with E-state index < -0.39 is 0 Å². The molecule has 2 N–H and O–H groups in total. The average molecular weight is 158 g/mol. The van der Waals surface area contributed by atoms with E-state index in [0.29, 0.717) is 6.04 Å². The number of rotatable bonds is 2. The van der Waals surface area contributed by atoms with Crippen molar-refractivity contribution in [2.45, 2.75) is 26.0 Å². The highest BCUT2D eigenvalue weighted by molar-refractivity contribution is 4.75. The zero-order valence-electron chi connectivity index (χ0n) is 7.38. The largest absolute Gasteiger partial charge is 0.392 e. The summed E-state index contributed by atoms with van der Waals surface area (Å²) < 4.78 is 0. The maximum Gasteiger partial charge on any atom is 0.0639 e. The molecule has 0 aromatic heterocycles. The van der Waals surface area contributed by atoms with Gasteiger partial charge in [0.25, 0.3) is 0 Å². The lowest BCUT2D eigenvalue weighted by atomic mass is 10.2. The van der Waals surface area contributed by atoms with E-state index in [1.54, 1.807) is 0 Å². The van der Waals surface area contributed by atoms with Crippen LogP contribution in [0.5, 0.6) is 0 Å². The highest BCUT2D eigenvalue weighted by Gasteiger charge is 2.15. The number of hydrogen-bond acceptors (Lipinski definition) is 3. The third kappa shape index (κ3) is 3.18. The first-order chi connectivity index (χ1) is 5.18. The van der Waals surface area contributed by atoms with E-state index in [-0.39, 0.29) is 6.10 Å². The smallest absolute Gasteiger partial charge is 0.0639 e. The fraction of sp³-hybridized carbons (Fsp3) is 1.00. The Labute approximate surface area is 68.4 Å². The summed E-state index contributed by atoms with van der Waals surface area (Å²) in [6, 6.07) is 0.572. The monoisotopic (exact) mass is 158 g/mol. The maximum atomic E-state index is 9.13. The summed E-state index contributed by atoms with van der Waals surface area (Å²) in [5, 5.41) is 12.5. The number of nitrogens with one attached hydrogen (secondary N) is 1. The minimum Gasteiger partial charge on any atom is -0.392 e. The van der Waals surface area contributed by atoms with Crippen molar-refractivity contribution in [3.63, 3.8) is 0 Å². The Kier molecular flexibility index (Phi) is 3.30. The van der Waals surface area contributed by atoms with Gasteiger partial charge in [-0.05, 0) is 13.8 Å². The van der Waals surface area contributed by atoms with E-state index in [4.69, 9.17) is 5.11 Å². The number of β-amino-alcohol motifs (C(OH)–C–C–N with tert-alkyl or cyclic N) is 1. The fourth-order valence-corrected chi connectivity index (χ4v) is 1.55. The third-order valence-electron chi connectivity index (χ3n) is 1.98. The molecule has 0 aromatic rings. The Hall–Kier alpha value is -0.120. The van der Waals surface area contributed by atoms with Crippen LogP contribution in [-0.4, -0.2) is 48.3 Å². The van der Waals surface area contributed by atoms with Crippen molar-refractivity contribution in [2.75, 3.05) is 26.2 Å². The summed E-state index contributed by atoms with van der Waals surface area (Å²) in [7, 11) is 0. The molecule has 1 rings (SSSR count). The van der Waals surface area contributed by atoms with Gasteiger partial charge in [0.1, 0.15) is 0 Å². The molecule has 0 bridgehead atoms. The molecule has 0 saturated carbocycles. The summed E-state index contributed by atoms with van der Waals surface area (Å²) >= 11 is 0. The second-order valence-corrected chi connectivity index (χ2v) is 3.46. The van der Waals surface area contributed by atoms with Crippen LogP contribution in [-0.2, 0) is 0 Å². The summed E-state index contributed by atoms with van der Waals surface area (Å²) in [6.45, 7) is 8.00. The summed E-state index contributed by atoms with van der Waals surface area (Å²) in [4.78, 5) is 2.30. The summed E-state index contributed by atoms with van der Waals surface area (Å²) in [5.74, 6) is 0. The molecule has 3 nitrogen and oxygen atoms in total. The summed E-state index contributed by atoms with van der Waals surface area (Å²) in [5.41, 5.74) is 0. The SMILES string of the molecule is C[C@H](O)CN1CCN[C@H](C)C1. The molecule has 0 radical (unpaired) electrons. The molecule has 1 fully saturated rings. The highest BCUT2D eigenvalue weighted by atomic mass is 16.3. The van der Waals surface area contributed by atoms with Gasteiger partial charge in [0.2, 0.25) is 0 Å². The molecule has 66 valence electrons. The van der Waals surface area contributed by atoms with Crippen molar-refractivity contribution in [1.29, 1.82) is 0 Å². The third-order valence-corrected chi connectivity index (χ3v) is 1.98. The van der Waals surface area contributed by atoms with E-state index in [1.807, 2.05) is 6.92 Å². The first-order valence-corrected chi connectivity index (χ1v) is 4.32. The minimum absolute atomic E-state index is 0.194. The van der Waals surface area contributed by atoms with Crippen LogP contribution >= 0.6 is 0 Å². The van der Waals surface area contributed by atoms with Crippen LogP contribution in [0.3, 0.4) is 0 Å². The van der Waals surface area contributed by atoms with E-state index in [9.17, 15) is 0 Å². The highest BCUT2D eigenvalue weighted by Crippen LogP contribution is 1.99. The normalized spacial score (nSPS) is 30.3. The van der Waals surface area contributed by atoms with Gasteiger partial charge in [0.15, 0.2) is 0 Å². The van der Waals surface area contributed by atoms with Crippen molar-refractivity contribution in [3.05, 3.63) is 0 Å². The van der Waals surface area contributed by atoms with Crippen molar-refractivity contribution in [1.82, 2.24) is 10.2 Å². The van der Waals surface area contributed by atoms with Gasteiger partial charge in [-0.25, -0.2) is 0 Å². The van der Waals surface area contributed by atoms with Crippen molar-refractivity contribution in [2.24, 2.45) is 0 Å². The van der Waals surface area contributed by atoms with Crippen LogP contribution in [0.4, 0.5) is 0 Å². The molecule has 0 amide bonds. The van der Waals surface area contributed by atoms with E-state index in [1.165, 1.54) is 0 Å². The molecule has 1 aliphatic rings. The van der Waals surface area contributed by atoms with Crippen LogP contribution in [0.15, 0.2) is 0 Å². The van der Waals surface area contributed by atoms with Gasteiger partial charge in [-0.2, -0.15) is 0 Å². The number of aliphatic hydroxyl groups excluding tert-OH is 1. The lowest BCUT2D eigenvalue weighted by molar-refractivity contribution is 0.108. The Balaban J connectivity index is 2.23. The van der Waals surface area contributed by atoms with Gasteiger partial charge in [0.05, 0.1) is 6.10 Å². The number of piperazine rings is 1. The number of aliphatic hydroxyl groups is 1. The first kappa shape index (κ1) is 8.97. The van der Waals surface area contributed by atoms with Gasteiger partial charge in [-0.3, -0.25) is 4.90 Å². The van der Waals surface area contributed by atoms with Crippen molar-refractivity contribution in [3.8, 4) is 0 Å². The molecule has 1 saturated heterocycles. The predicted molar refractivity (Wildman–Crippen MR) is 45.6 cm³/mol. The minimum atomic E-state index is -0.194. The Morgan fingerprint density at radius 1 is 1.73 bits per heavy atom. The van der Waals surface area contributed by atoms with Gasteiger partial charge in [-0.15, -0.1) is 0 Å². The molecular weight excluding hydrogens is 140 g/mol. The second-order valence-electron chi connectivity index (χ2n) is 3.46. The van der Waals surface area contributed by atoms with Gasteiger partial charge in [-0.1, -0.05) is 0 Å². The zero-order valence-corrected chi connectivity index (χ0v) is 7.38. The fourth-order valence-electron chi connectivity index (χ4n) is 1.55. The number of nitrogens with zero attached hydrogens (tertiary/aromatic N) is 1. The van der Waals surface area contributed by atoms with Gasteiger partial charge in [0, 0.05) is 32.2 Å². The Morgan fingerprint density at radius 3 is 3.00 bits per heavy atom. The van der Waals surface area contributed by atoms with Crippen LogP contribution < -0.4 is 5.32 Å². The standard InChI is InChI=1S/C8H18N2O/c1-7-5-10(4-3-9-7)6-8(2)11/h7-9,11H,3-6H2,1-2H3/t7-,8+/m1/s1. The second kappa shape index (κ2) is 4.04. The molecule has 1 heterocycles. The molecule has 0 spiro atoms. The van der Waals surface area contributed by atoms with Gasteiger partial charge < -0.3 is 10.4 Å². The summed E-state index contributed by atoms with van der Waals surface area (Å²) in [6.07, 6.45) is -0.194. The van der Waals surface area contributed by atoms with E-state index >= 15 is 0 Å². The molecule has 3 heteroatoms. The molecule has 0 aliphatic carbocycles. The molecule has 11 heavy (non-hydrogen) atoms. The Bertz CT molecular complexity index is 115. The maximum absolute atomic E-state index is 9.13. The quantitative estimate of drug-likeness (QED) is 0.577.